The second-order valence-corrected chi connectivity index (χ2v) is 8.80. The maximum Gasteiger partial charge on any atom is 0.256 e. The van der Waals surface area contributed by atoms with E-state index >= 15 is 0 Å². The monoisotopic (exact) mass is 428 g/mol. The van der Waals surface area contributed by atoms with E-state index in [-0.39, 0.29) is 29.2 Å². The van der Waals surface area contributed by atoms with Crippen LogP contribution in [0.25, 0.3) is 0 Å². The van der Waals surface area contributed by atoms with Gasteiger partial charge < -0.3 is 10.2 Å². The van der Waals surface area contributed by atoms with Gasteiger partial charge >= 0.3 is 0 Å². The fraction of sp³-hybridized carbons (Fsp3) is 0.440. The number of anilines is 1. The van der Waals surface area contributed by atoms with Crippen molar-refractivity contribution in [3.05, 3.63) is 64.7 Å². The first-order valence-corrected chi connectivity index (χ1v) is 10.9. The standard InChI is InChI=1S/C25H30F2N2O2/c1-15(2)19-6-5-7-20(16(3)4)23(19)28-24(30)17-10-12-29(13-11-17)25(31)21-9-8-18(26)14-22(21)27/h5-9,14-17H,10-13H2,1-4H3,(H,28,30). The molecular weight excluding hydrogens is 398 g/mol. The summed E-state index contributed by atoms with van der Waals surface area (Å²) in [6, 6.07) is 9.08. The highest BCUT2D eigenvalue weighted by Crippen LogP contribution is 2.33. The van der Waals surface area contributed by atoms with Gasteiger partial charge in [-0.1, -0.05) is 45.9 Å². The average molecular weight is 429 g/mol. The molecule has 6 heteroatoms. The number of hydrogen-bond donors (Lipinski definition) is 1. The van der Waals surface area contributed by atoms with Gasteiger partial charge in [0.2, 0.25) is 5.91 Å². The second kappa shape index (κ2) is 9.58. The molecule has 0 radical (unpaired) electrons. The van der Waals surface area contributed by atoms with E-state index in [9.17, 15) is 18.4 Å². The molecule has 0 spiro atoms. The molecule has 1 fully saturated rings. The van der Waals surface area contributed by atoms with Crippen LogP contribution < -0.4 is 5.32 Å². The molecule has 1 saturated heterocycles. The highest BCUT2D eigenvalue weighted by atomic mass is 19.1. The number of nitrogens with zero attached hydrogens (tertiary/aromatic N) is 1. The first-order chi connectivity index (χ1) is 14.7. The summed E-state index contributed by atoms with van der Waals surface area (Å²) in [5.74, 6) is -1.76. The Morgan fingerprint density at radius 3 is 2.06 bits per heavy atom. The number of para-hydroxylation sites is 1. The molecule has 1 N–H and O–H groups in total. The first-order valence-electron chi connectivity index (χ1n) is 10.9. The Hall–Kier alpha value is -2.76. The lowest BCUT2D eigenvalue weighted by atomic mass is 9.91. The van der Waals surface area contributed by atoms with Gasteiger partial charge in [-0.3, -0.25) is 9.59 Å². The maximum atomic E-state index is 14.0. The maximum absolute atomic E-state index is 14.0. The van der Waals surface area contributed by atoms with E-state index in [1.165, 1.54) is 11.0 Å². The highest BCUT2D eigenvalue weighted by molar-refractivity contribution is 5.96. The zero-order chi connectivity index (χ0) is 22.7. The number of benzene rings is 2. The molecule has 0 bridgehead atoms. The van der Waals surface area contributed by atoms with Gasteiger partial charge in [-0.15, -0.1) is 0 Å². The fourth-order valence-corrected chi connectivity index (χ4v) is 4.10. The quantitative estimate of drug-likeness (QED) is 0.664. The summed E-state index contributed by atoms with van der Waals surface area (Å²) >= 11 is 0. The minimum atomic E-state index is -0.864. The number of piperidine rings is 1. The lowest BCUT2D eigenvalue weighted by Crippen LogP contribution is -2.41. The summed E-state index contributed by atoms with van der Waals surface area (Å²) in [5, 5.41) is 3.16. The SMILES string of the molecule is CC(C)c1cccc(C(C)C)c1NC(=O)C1CCN(C(=O)c2ccc(F)cc2F)CC1. The second-order valence-electron chi connectivity index (χ2n) is 8.80. The molecule has 0 unspecified atom stereocenters. The van der Waals surface area contributed by atoms with E-state index < -0.39 is 17.5 Å². The van der Waals surface area contributed by atoms with Crippen LogP contribution in [-0.4, -0.2) is 29.8 Å². The summed E-state index contributed by atoms with van der Waals surface area (Å²) in [5.41, 5.74) is 2.97. The van der Waals surface area contributed by atoms with Gasteiger partial charge in [0.25, 0.3) is 5.91 Å². The van der Waals surface area contributed by atoms with Gasteiger partial charge in [-0.25, -0.2) is 8.78 Å². The first kappa shape index (κ1) is 22.9. The molecule has 4 nitrogen and oxygen atoms in total. The molecular formula is C25H30F2N2O2. The van der Waals surface area contributed by atoms with Gasteiger partial charge in [0.1, 0.15) is 11.6 Å². The molecule has 2 amide bonds. The molecule has 0 saturated carbocycles. The number of likely N-dealkylation sites (tertiary alicyclic amines) is 1. The van der Waals surface area contributed by atoms with Crippen LogP contribution in [0.3, 0.4) is 0 Å². The molecule has 1 aliphatic rings. The van der Waals surface area contributed by atoms with Crippen LogP contribution in [0, 0.1) is 17.6 Å². The molecule has 1 heterocycles. The number of rotatable bonds is 5. The predicted molar refractivity (Wildman–Crippen MR) is 118 cm³/mol. The van der Waals surface area contributed by atoms with Gasteiger partial charge in [-0.05, 0) is 47.9 Å². The van der Waals surface area contributed by atoms with Gasteiger partial charge in [0.05, 0.1) is 5.56 Å². The number of amides is 2. The van der Waals surface area contributed by atoms with Crippen molar-refractivity contribution in [3.8, 4) is 0 Å². The van der Waals surface area contributed by atoms with Crippen molar-refractivity contribution in [1.82, 2.24) is 4.90 Å². The van der Waals surface area contributed by atoms with Crippen LogP contribution in [0.4, 0.5) is 14.5 Å². The van der Waals surface area contributed by atoms with Crippen molar-refractivity contribution >= 4 is 17.5 Å². The Labute approximate surface area is 182 Å². The number of carbonyl (C=O) groups is 2. The van der Waals surface area contributed by atoms with Crippen molar-refractivity contribution in [2.75, 3.05) is 18.4 Å². The van der Waals surface area contributed by atoms with Crippen LogP contribution in [0.5, 0.6) is 0 Å². The van der Waals surface area contributed by atoms with Crippen LogP contribution in [0.15, 0.2) is 36.4 Å². The molecule has 0 aliphatic carbocycles. The zero-order valence-electron chi connectivity index (χ0n) is 18.5. The topological polar surface area (TPSA) is 49.4 Å². The third kappa shape index (κ3) is 5.12. The summed E-state index contributed by atoms with van der Waals surface area (Å²) in [4.78, 5) is 27.2. The van der Waals surface area contributed by atoms with Crippen LogP contribution in [0.1, 0.15) is 73.9 Å². The van der Waals surface area contributed by atoms with Crippen LogP contribution >= 0.6 is 0 Å². The molecule has 166 valence electrons. The third-order valence-corrected chi connectivity index (χ3v) is 5.94. The van der Waals surface area contributed by atoms with Gasteiger partial charge in [0, 0.05) is 30.8 Å². The Balaban J connectivity index is 1.68. The summed E-state index contributed by atoms with van der Waals surface area (Å²) in [7, 11) is 0. The molecule has 31 heavy (non-hydrogen) atoms. The molecule has 0 aromatic heterocycles. The van der Waals surface area contributed by atoms with Crippen molar-refractivity contribution in [1.29, 1.82) is 0 Å². The summed E-state index contributed by atoms with van der Waals surface area (Å²) in [6.45, 7) is 9.14. The zero-order valence-corrected chi connectivity index (χ0v) is 18.5. The highest BCUT2D eigenvalue weighted by Gasteiger charge is 2.30. The average Bonchev–Trinajstić information content (AvgIpc) is 2.73. The lowest BCUT2D eigenvalue weighted by Gasteiger charge is -2.32. The molecule has 2 aromatic carbocycles. The fourth-order valence-electron chi connectivity index (χ4n) is 4.10. The van der Waals surface area contributed by atoms with E-state index in [0.717, 1.165) is 22.9 Å². The number of carbonyl (C=O) groups excluding carboxylic acids is 2. The van der Waals surface area contributed by atoms with E-state index in [1.54, 1.807) is 0 Å². The summed E-state index contributed by atoms with van der Waals surface area (Å²) < 4.78 is 27.1. The largest absolute Gasteiger partial charge is 0.339 e. The summed E-state index contributed by atoms with van der Waals surface area (Å²) in [6.07, 6.45) is 1.00. The minimum Gasteiger partial charge on any atom is -0.339 e. The van der Waals surface area contributed by atoms with E-state index in [2.05, 4.69) is 33.0 Å². The van der Waals surface area contributed by atoms with E-state index in [1.807, 2.05) is 18.2 Å². The van der Waals surface area contributed by atoms with Crippen molar-refractivity contribution in [2.45, 2.75) is 52.4 Å². The Kier molecular flexibility index (Phi) is 7.08. The predicted octanol–water partition coefficient (Wildman–Crippen LogP) is 5.70. The van der Waals surface area contributed by atoms with Crippen LogP contribution in [-0.2, 0) is 4.79 Å². The lowest BCUT2D eigenvalue weighted by molar-refractivity contribution is -0.121. The van der Waals surface area contributed by atoms with Crippen molar-refractivity contribution < 1.29 is 18.4 Å². The van der Waals surface area contributed by atoms with Gasteiger partial charge in [0.15, 0.2) is 0 Å². The third-order valence-electron chi connectivity index (χ3n) is 5.94. The number of hydrogen-bond acceptors (Lipinski definition) is 2. The van der Waals surface area contributed by atoms with E-state index in [0.29, 0.717) is 32.0 Å². The Morgan fingerprint density at radius 2 is 1.55 bits per heavy atom. The smallest absolute Gasteiger partial charge is 0.256 e. The van der Waals surface area contributed by atoms with Gasteiger partial charge in [-0.2, -0.15) is 0 Å². The number of nitrogens with one attached hydrogen (secondary N) is 1. The normalized spacial score (nSPS) is 14.9. The number of halogens is 2. The van der Waals surface area contributed by atoms with Crippen molar-refractivity contribution in [3.63, 3.8) is 0 Å². The van der Waals surface area contributed by atoms with Crippen LogP contribution in [0.2, 0.25) is 0 Å². The molecule has 2 aromatic rings. The minimum absolute atomic E-state index is 0.0462. The van der Waals surface area contributed by atoms with E-state index in [4.69, 9.17) is 0 Å². The van der Waals surface area contributed by atoms with Crippen molar-refractivity contribution in [2.24, 2.45) is 5.92 Å². The Bertz CT molecular complexity index is 938. The molecule has 3 rings (SSSR count). The molecule has 0 atom stereocenters. The molecule has 1 aliphatic heterocycles. The Morgan fingerprint density at radius 1 is 0.968 bits per heavy atom.